The first-order valence-corrected chi connectivity index (χ1v) is 14.1. The standard InChI is InChI=1S/C32H33NO3S/c1-23-12-15-28(16-13-23)37(34)32(25-18-20-33-21-19-25)31(24-8-4-3-5-9-24)26-14-17-29(35-2)30(22-26)36-27-10-6-7-11-27/h3-5,8-9,12-22,27,31-32H,6-7,10-11H2,1-2H3/t31-,32?,37?/m1/s1. The van der Waals surface area contributed by atoms with E-state index in [0.717, 1.165) is 51.5 Å². The summed E-state index contributed by atoms with van der Waals surface area (Å²) < 4.78 is 26.5. The van der Waals surface area contributed by atoms with Gasteiger partial charge in [-0.1, -0.05) is 54.1 Å². The van der Waals surface area contributed by atoms with E-state index < -0.39 is 10.8 Å². The van der Waals surface area contributed by atoms with E-state index in [1.54, 1.807) is 19.5 Å². The van der Waals surface area contributed by atoms with E-state index in [9.17, 15) is 4.21 Å². The third kappa shape index (κ3) is 5.78. The molecule has 1 heterocycles. The Hall–Kier alpha value is -3.44. The molecule has 1 aromatic heterocycles. The topological polar surface area (TPSA) is 48.4 Å². The Balaban J connectivity index is 1.65. The van der Waals surface area contributed by atoms with Gasteiger partial charge in [-0.2, -0.15) is 0 Å². The molecule has 0 spiro atoms. The SMILES string of the molecule is COc1ccc([C@@H](c2ccccc2)C(c2ccncc2)S(=O)c2ccc(C)cc2)cc1OC1CCCC1. The lowest BCUT2D eigenvalue weighted by Crippen LogP contribution is -2.19. The van der Waals surface area contributed by atoms with Crippen molar-refractivity contribution in [3.63, 3.8) is 0 Å². The molecule has 0 N–H and O–H groups in total. The summed E-state index contributed by atoms with van der Waals surface area (Å²) in [5, 5.41) is -0.333. The molecule has 4 nitrogen and oxygen atoms in total. The second kappa shape index (κ2) is 11.7. The molecule has 4 aromatic rings. The van der Waals surface area contributed by atoms with Gasteiger partial charge in [0.15, 0.2) is 11.5 Å². The first-order chi connectivity index (χ1) is 18.1. The van der Waals surface area contributed by atoms with Crippen molar-refractivity contribution in [3.8, 4) is 11.5 Å². The van der Waals surface area contributed by atoms with Crippen LogP contribution in [0, 0.1) is 6.92 Å². The quantitative estimate of drug-likeness (QED) is 0.235. The molecule has 0 bridgehead atoms. The Kier molecular flexibility index (Phi) is 8.00. The molecule has 1 aliphatic carbocycles. The molecule has 0 amide bonds. The van der Waals surface area contributed by atoms with Gasteiger partial charge < -0.3 is 9.47 Å². The molecule has 2 unspecified atom stereocenters. The highest BCUT2D eigenvalue weighted by Crippen LogP contribution is 2.45. The molecule has 1 fully saturated rings. The minimum Gasteiger partial charge on any atom is -0.493 e. The third-order valence-corrected chi connectivity index (χ3v) is 8.87. The lowest BCUT2D eigenvalue weighted by molar-refractivity contribution is 0.200. The maximum Gasteiger partial charge on any atom is 0.161 e. The van der Waals surface area contributed by atoms with Crippen molar-refractivity contribution in [2.45, 2.75) is 54.8 Å². The van der Waals surface area contributed by atoms with Gasteiger partial charge in [-0.15, -0.1) is 0 Å². The van der Waals surface area contributed by atoms with E-state index in [1.807, 2.05) is 67.6 Å². The van der Waals surface area contributed by atoms with Crippen molar-refractivity contribution in [2.24, 2.45) is 0 Å². The van der Waals surface area contributed by atoms with Gasteiger partial charge in [0, 0.05) is 23.2 Å². The highest BCUT2D eigenvalue weighted by molar-refractivity contribution is 7.85. The molecule has 0 saturated heterocycles. The van der Waals surface area contributed by atoms with Gasteiger partial charge in [-0.3, -0.25) is 9.19 Å². The zero-order chi connectivity index (χ0) is 25.6. The average molecular weight is 512 g/mol. The van der Waals surface area contributed by atoms with E-state index in [1.165, 1.54) is 12.8 Å². The van der Waals surface area contributed by atoms with Crippen LogP contribution in [0.3, 0.4) is 0 Å². The van der Waals surface area contributed by atoms with Gasteiger partial charge in [0.2, 0.25) is 0 Å². The smallest absolute Gasteiger partial charge is 0.161 e. The maximum atomic E-state index is 14.4. The monoisotopic (exact) mass is 511 g/mol. The summed E-state index contributed by atoms with van der Waals surface area (Å²) in [6.45, 7) is 2.04. The highest BCUT2D eigenvalue weighted by Gasteiger charge is 2.33. The van der Waals surface area contributed by atoms with Gasteiger partial charge in [-0.05, 0) is 85.7 Å². The summed E-state index contributed by atoms with van der Waals surface area (Å²) in [6.07, 6.45) is 8.27. The van der Waals surface area contributed by atoms with Crippen LogP contribution in [0.1, 0.15) is 59.1 Å². The lowest BCUT2D eigenvalue weighted by Gasteiger charge is -2.29. The molecule has 3 aromatic carbocycles. The van der Waals surface area contributed by atoms with Crippen molar-refractivity contribution in [1.29, 1.82) is 0 Å². The molecule has 5 rings (SSSR count). The van der Waals surface area contributed by atoms with Crippen LogP contribution in [0.4, 0.5) is 0 Å². The fourth-order valence-electron chi connectivity index (χ4n) is 5.18. The minimum absolute atomic E-state index is 0.178. The first kappa shape index (κ1) is 25.2. The number of nitrogens with zero attached hydrogens (tertiary/aromatic N) is 1. The van der Waals surface area contributed by atoms with Crippen LogP contribution < -0.4 is 9.47 Å². The Morgan fingerprint density at radius 3 is 2.19 bits per heavy atom. The number of benzene rings is 3. The zero-order valence-corrected chi connectivity index (χ0v) is 22.2. The van der Waals surface area contributed by atoms with Gasteiger partial charge in [0.25, 0.3) is 0 Å². The first-order valence-electron chi connectivity index (χ1n) is 12.9. The Morgan fingerprint density at radius 2 is 1.51 bits per heavy atom. The summed E-state index contributed by atoms with van der Waals surface area (Å²) in [7, 11) is 0.349. The molecule has 37 heavy (non-hydrogen) atoms. The summed E-state index contributed by atoms with van der Waals surface area (Å²) >= 11 is 0. The molecule has 1 saturated carbocycles. The van der Waals surface area contributed by atoms with Crippen molar-refractivity contribution >= 4 is 10.8 Å². The Morgan fingerprint density at radius 1 is 0.811 bits per heavy atom. The van der Waals surface area contributed by atoms with E-state index in [2.05, 4.69) is 29.2 Å². The number of aryl methyl sites for hydroxylation is 1. The van der Waals surface area contributed by atoms with E-state index in [-0.39, 0.29) is 17.3 Å². The van der Waals surface area contributed by atoms with Gasteiger partial charge in [0.05, 0.1) is 29.3 Å². The second-order valence-corrected chi connectivity index (χ2v) is 11.2. The number of hydrogen-bond acceptors (Lipinski definition) is 4. The largest absolute Gasteiger partial charge is 0.493 e. The summed E-state index contributed by atoms with van der Waals surface area (Å²) in [5.41, 5.74) is 4.27. The number of aromatic nitrogens is 1. The molecule has 3 atom stereocenters. The molecule has 1 aliphatic rings. The normalized spacial score (nSPS) is 16.2. The van der Waals surface area contributed by atoms with Gasteiger partial charge in [-0.25, -0.2) is 0 Å². The molecular weight excluding hydrogens is 478 g/mol. The molecule has 190 valence electrons. The molecule has 0 aliphatic heterocycles. The Labute approximate surface area is 222 Å². The predicted octanol–water partition coefficient (Wildman–Crippen LogP) is 7.40. The Bertz CT molecular complexity index is 1320. The fourth-order valence-corrected chi connectivity index (χ4v) is 6.84. The van der Waals surface area contributed by atoms with Gasteiger partial charge >= 0.3 is 0 Å². The van der Waals surface area contributed by atoms with Crippen LogP contribution in [-0.4, -0.2) is 22.4 Å². The van der Waals surface area contributed by atoms with E-state index >= 15 is 0 Å². The zero-order valence-electron chi connectivity index (χ0n) is 21.4. The number of pyridine rings is 1. The number of hydrogen-bond donors (Lipinski definition) is 0. The summed E-state index contributed by atoms with van der Waals surface area (Å²) in [4.78, 5) is 5.04. The third-order valence-electron chi connectivity index (χ3n) is 7.12. The van der Waals surface area contributed by atoms with Crippen LogP contribution in [-0.2, 0) is 10.8 Å². The second-order valence-electron chi connectivity index (χ2n) is 9.63. The number of methoxy groups -OCH3 is 1. The maximum absolute atomic E-state index is 14.4. The molecule has 5 heteroatoms. The van der Waals surface area contributed by atoms with E-state index in [0.29, 0.717) is 0 Å². The number of ether oxygens (including phenoxy) is 2. The van der Waals surface area contributed by atoms with Crippen molar-refractivity contribution in [2.75, 3.05) is 7.11 Å². The van der Waals surface area contributed by atoms with Crippen LogP contribution >= 0.6 is 0 Å². The van der Waals surface area contributed by atoms with Crippen molar-refractivity contribution in [1.82, 2.24) is 4.98 Å². The fraction of sp³-hybridized carbons (Fsp3) is 0.281. The van der Waals surface area contributed by atoms with Crippen molar-refractivity contribution in [3.05, 3.63) is 120 Å². The minimum atomic E-state index is -1.33. The molecule has 0 radical (unpaired) electrons. The lowest BCUT2D eigenvalue weighted by atomic mass is 9.85. The van der Waals surface area contributed by atoms with Crippen LogP contribution in [0.25, 0.3) is 0 Å². The van der Waals surface area contributed by atoms with Crippen LogP contribution in [0.5, 0.6) is 11.5 Å². The summed E-state index contributed by atoms with van der Waals surface area (Å²) in [5.74, 6) is 1.30. The molecular formula is C32H33NO3S. The van der Waals surface area contributed by atoms with Crippen molar-refractivity contribution < 1.29 is 13.7 Å². The summed E-state index contributed by atoms with van der Waals surface area (Å²) in [6, 6.07) is 28.4. The average Bonchev–Trinajstić information content (AvgIpc) is 3.46. The predicted molar refractivity (Wildman–Crippen MR) is 149 cm³/mol. The van der Waals surface area contributed by atoms with Crippen LogP contribution in [0.2, 0.25) is 0 Å². The van der Waals surface area contributed by atoms with Crippen LogP contribution in [0.15, 0.2) is 102 Å². The van der Waals surface area contributed by atoms with E-state index in [4.69, 9.17) is 9.47 Å². The highest BCUT2D eigenvalue weighted by atomic mass is 32.2. The van der Waals surface area contributed by atoms with Gasteiger partial charge in [0.1, 0.15) is 0 Å². The number of rotatable bonds is 9.